The maximum Gasteiger partial charge on any atom is 0.275 e. The number of nitrogens with zero attached hydrogens (tertiary/aromatic N) is 4. The molecule has 1 amide bonds. The quantitative estimate of drug-likeness (QED) is 0.503. The second-order valence-electron chi connectivity index (χ2n) is 6.07. The van der Waals surface area contributed by atoms with E-state index in [1.807, 2.05) is 54.1 Å². The van der Waals surface area contributed by atoms with Gasteiger partial charge in [0.05, 0.1) is 24.6 Å². The van der Waals surface area contributed by atoms with Crippen LogP contribution in [0.5, 0.6) is 11.5 Å². The number of fused-ring (bicyclic) bond motifs is 1. The van der Waals surface area contributed by atoms with Gasteiger partial charge in [-0.05, 0) is 23.4 Å². The number of anilines is 1. The van der Waals surface area contributed by atoms with E-state index in [4.69, 9.17) is 9.47 Å². The van der Waals surface area contributed by atoms with Crippen molar-refractivity contribution in [2.24, 2.45) is 7.05 Å². The van der Waals surface area contributed by atoms with Crippen LogP contribution in [0.1, 0.15) is 10.5 Å². The molecule has 0 fully saturated rings. The molecule has 148 valence electrons. The minimum absolute atomic E-state index is 0.103. The highest BCUT2D eigenvalue weighted by Gasteiger charge is 2.24. The lowest BCUT2D eigenvalue weighted by Crippen LogP contribution is -2.17. The minimum Gasteiger partial charge on any atom is -0.493 e. The molecule has 0 atom stereocenters. The van der Waals surface area contributed by atoms with Crippen LogP contribution in [-0.4, -0.2) is 45.3 Å². The van der Waals surface area contributed by atoms with Crippen molar-refractivity contribution in [1.82, 2.24) is 25.2 Å². The molecule has 0 aliphatic carbocycles. The van der Waals surface area contributed by atoms with E-state index in [2.05, 4.69) is 25.9 Å². The number of tetrazole rings is 1. The molecule has 0 aliphatic heterocycles. The molecule has 2 aromatic carbocycles. The standard InChI is InChI=1S/C19H18N6O3S/c1-25-13-10-15(28-3)14(27-2)9-12(13)17(29-11-7-5-4-6-8-11)16(25)18(26)20-19-21-23-24-22-19/h4-10H,1-3H3,(H2,20,21,22,23,24,26). The topological polar surface area (TPSA) is 107 Å². The van der Waals surface area contributed by atoms with Crippen molar-refractivity contribution >= 4 is 34.5 Å². The molecular formula is C19H18N6O3S. The number of ether oxygens (including phenoxy) is 2. The number of carbonyl (C=O) groups excluding carboxylic acids is 1. The summed E-state index contributed by atoms with van der Waals surface area (Å²) in [6, 6.07) is 13.6. The van der Waals surface area contributed by atoms with Crippen molar-refractivity contribution in [2.45, 2.75) is 9.79 Å². The second-order valence-corrected chi connectivity index (χ2v) is 7.15. The number of aryl methyl sites for hydroxylation is 1. The fourth-order valence-corrected chi connectivity index (χ4v) is 4.20. The average Bonchev–Trinajstić information content (AvgIpc) is 3.34. The predicted octanol–water partition coefficient (Wildman–Crippen LogP) is 3.11. The second kappa shape index (κ2) is 7.84. The van der Waals surface area contributed by atoms with E-state index < -0.39 is 0 Å². The largest absolute Gasteiger partial charge is 0.493 e. The predicted molar refractivity (Wildman–Crippen MR) is 109 cm³/mol. The Morgan fingerprint density at radius 3 is 2.52 bits per heavy atom. The molecule has 4 rings (SSSR count). The highest BCUT2D eigenvalue weighted by Crippen LogP contribution is 2.42. The molecule has 2 N–H and O–H groups in total. The Bertz CT molecular complexity index is 1160. The first-order valence-electron chi connectivity index (χ1n) is 8.64. The van der Waals surface area contributed by atoms with E-state index in [1.165, 1.54) is 11.8 Å². The maximum absolute atomic E-state index is 13.1. The number of nitrogens with one attached hydrogen (secondary N) is 2. The first-order chi connectivity index (χ1) is 14.1. The lowest BCUT2D eigenvalue weighted by atomic mass is 10.2. The molecule has 0 unspecified atom stereocenters. The van der Waals surface area contributed by atoms with E-state index in [0.717, 1.165) is 20.7 Å². The van der Waals surface area contributed by atoms with Crippen LogP contribution in [0, 0.1) is 0 Å². The zero-order chi connectivity index (χ0) is 20.4. The molecule has 0 saturated heterocycles. The maximum atomic E-state index is 13.1. The summed E-state index contributed by atoms with van der Waals surface area (Å²) in [5.74, 6) is 0.931. The molecule has 2 aromatic heterocycles. The van der Waals surface area contributed by atoms with E-state index in [0.29, 0.717) is 17.2 Å². The summed E-state index contributed by atoms with van der Waals surface area (Å²) < 4.78 is 12.7. The Morgan fingerprint density at radius 2 is 1.86 bits per heavy atom. The fraction of sp³-hybridized carbons (Fsp3) is 0.158. The molecule has 0 spiro atoms. The number of carbonyl (C=O) groups is 1. The number of aromatic nitrogens is 5. The number of methoxy groups -OCH3 is 2. The van der Waals surface area contributed by atoms with Gasteiger partial charge in [-0.1, -0.05) is 35.1 Å². The monoisotopic (exact) mass is 410 g/mol. The fourth-order valence-electron chi connectivity index (χ4n) is 3.07. The first-order valence-corrected chi connectivity index (χ1v) is 9.46. The van der Waals surface area contributed by atoms with Gasteiger partial charge >= 0.3 is 0 Å². The molecule has 0 aliphatic rings. The lowest BCUT2D eigenvalue weighted by molar-refractivity contribution is 0.101. The van der Waals surface area contributed by atoms with Crippen LogP contribution in [0.25, 0.3) is 10.9 Å². The van der Waals surface area contributed by atoms with E-state index in [1.54, 1.807) is 14.2 Å². The molecule has 2 heterocycles. The number of amides is 1. The van der Waals surface area contributed by atoms with E-state index in [-0.39, 0.29) is 11.9 Å². The third-order valence-electron chi connectivity index (χ3n) is 4.41. The number of aromatic amines is 1. The van der Waals surface area contributed by atoms with Gasteiger partial charge in [-0.15, -0.1) is 5.10 Å². The van der Waals surface area contributed by atoms with Gasteiger partial charge in [-0.25, -0.2) is 0 Å². The van der Waals surface area contributed by atoms with Crippen molar-refractivity contribution in [1.29, 1.82) is 0 Å². The summed E-state index contributed by atoms with van der Waals surface area (Å²) in [4.78, 5) is 14.9. The van der Waals surface area contributed by atoms with Crippen molar-refractivity contribution in [3.8, 4) is 11.5 Å². The summed E-state index contributed by atoms with van der Waals surface area (Å²) in [5.41, 5.74) is 1.30. The van der Waals surface area contributed by atoms with Crippen molar-refractivity contribution < 1.29 is 14.3 Å². The van der Waals surface area contributed by atoms with Crippen LogP contribution < -0.4 is 14.8 Å². The Kier molecular flexibility index (Phi) is 5.09. The van der Waals surface area contributed by atoms with Crippen molar-refractivity contribution in [3.63, 3.8) is 0 Å². The van der Waals surface area contributed by atoms with Crippen LogP contribution in [0.2, 0.25) is 0 Å². The summed E-state index contributed by atoms with van der Waals surface area (Å²) in [7, 11) is 4.99. The van der Waals surface area contributed by atoms with E-state index >= 15 is 0 Å². The SMILES string of the molecule is COc1cc2c(Sc3ccccc3)c(C(=O)Nc3nn[nH]n3)n(C)c2cc1OC. The van der Waals surface area contributed by atoms with Gasteiger partial charge in [0.25, 0.3) is 11.9 Å². The van der Waals surface area contributed by atoms with Gasteiger partial charge in [0, 0.05) is 23.4 Å². The van der Waals surface area contributed by atoms with Gasteiger partial charge in [0.2, 0.25) is 0 Å². The van der Waals surface area contributed by atoms with Crippen molar-refractivity contribution in [3.05, 3.63) is 48.2 Å². The summed E-state index contributed by atoms with van der Waals surface area (Å²) >= 11 is 1.50. The lowest BCUT2D eigenvalue weighted by Gasteiger charge is -2.08. The van der Waals surface area contributed by atoms with Crippen LogP contribution in [-0.2, 0) is 7.05 Å². The third-order valence-corrected chi connectivity index (χ3v) is 5.53. The normalized spacial score (nSPS) is 10.9. The average molecular weight is 410 g/mol. The molecular weight excluding hydrogens is 392 g/mol. The molecule has 9 nitrogen and oxygen atoms in total. The minimum atomic E-state index is -0.346. The molecule has 29 heavy (non-hydrogen) atoms. The zero-order valence-corrected chi connectivity index (χ0v) is 16.8. The van der Waals surface area contributed by atoms with Gasteiger partial charge in [0.15, 0.2) is 11.5 Å². The Labute approximate surface area is 170 Å². The Balaban J connectivity index is 1.90. The molecule has 10 heteroatoms. The number of benzene rings is 2. The molecule has 0 radical (unpaired) electrons. The molecule has 0 saturated carbocycles. The van der Waals surface area contributed by atoms with Crippen LogP contribution in [0.15, 0.2) is 52.3 Å². The first kappa shape index (κ1) is 18.8. The molecule has 4 aromatic rings. The van der Waals surface area contributed by atoms with Crippen LogP contribution >= 0.6 is 11.8 Å². The number of hydrogen-bond donors (Lipinski definition) is 2. The third kappa shape index (κ3) is 3.49. The van der Waals surface area contributed by atoms with Gasteiger partial charge in [-0.2, -0.15) is 5.21 Å². The Morgan fingerprint density at radius 1 is 1.14 bits per heavy atom. The number of hydrogen-bond acceptors (Lipinski definition) is 7. The van der Waals surface area contributed by atoms with Crippen molar-refractivity contribution in [2.75, 3.05) is 19.5 Å². The van der Waals surface area contributed by atoms with Gasteiger partial charge < -0.3 is 14.0 Å². The summed E-state index contributed by atoms with van der Waals surface area (Å²) in [5, 5.41) is 16.9. The molecule has 0 bridgehead atoms. The highest BCUT2D eigenvalue weighted by atomic mass is 32.2. The smallest absolute Gasteiger partial charge is 0.275 e. The van der Waals surface area contributed by atoms with Crippen LogP contribution in [0.4, 0.5) is 5.95 Å². The number of H-pyrrole nitrogens is 1. The zero-order valence-electron chi connectivity index (χ0n) is 16.0. The van der Waals surface area contributed by atoms with Gasteiger partial charge in [0.1, 0.15) is 5.69 Å². The highest BCUT2D eigenvalue weighted by molar-refractivity contribution is 7.99. The van der Waals surface area contributed by atoms with Gasteiger partial charge in [-0.3, -0.25) is 10.1 Å². The Hall–Kier alpha value is -3.53. The summed E-state index contributed by atoms with van der Waals surface area (Å²) in [6.07, 6.45) is 0. The summed E-state index contributed by atoms with van der Waals surface area (Å²) in [6.45, 7) is 0. The van der Waals surface area contributed by atoms with E-state index in [9.17, 15) is 4.79 Å². The number of rotatable bonds is 6. The van der Waals surface area contributed by atoms with Crippen LogP contribution in [0.3, 0.4) is 0 Å².